The molecule has 5 heteroatoms. The molecule has 0 unspecified atom stereocenters. The lowest BCUT2D eigenvalue weighted by atomic mass is 10.1. The first-order valence-corrected chi connectivity index (χ1v) is 6.36. The van der Waals surface area contributed by atoms with E-state index in [9.17, 15) is 5.11 Å². The number of aliphatic hydroxyl groups is 1. The Bertz CT molecular complexity index is 435. The molecule has 0 atom stereocenters. The van der Waals surface area contributed by atoms with Gasteiger partial charge in [-0.3, -0.25) is 0 Å². The van der Waals surface area contributed by atoms with E-state index in [-0.39, 0.29) is 6.61 Å². The van der Waals surface area contributed by atoms with Crippen LogP contribution in [-0.2, 0) is 0 Å². The summed E-state index contributed by atoms with van der Waals surface area (Å²) in [5.41, 5.74) is -0.761. The van der Waals surface area contributed by atoms with E-state index in [0.717, 1.165) is 4.47 Å². The van der Waals surface area contributed by atoms with Crippen LogP contribution >= 0.6 is 15.9 Å². The van der Waals surface area contributed by atoms with Gasteiger partial charge in [-0.2, -0.15) is 5.26 Å². The first-order valence-electron chi connectivity index (χ1n) is 5.57. The summed E-state index contributed by atoms with van der Waals surface area (Å²) in [6.07, 6.45) is 0.515. The van der Waals surface area contributed by atoms with E-state index in [1.165, 1.54) is 0 Å². The molecular formula is C13H16BrNO3. The lowest BCUT2D eigenvalue weighted by molar-refractivity contribution is 0.0548. The lowest BCUT2D eigenvalue weighted by Crippen LogP contribution is -2.21. The molecule has 0 amide bonds. The molecule has 0 fully saturated rings. The maximum Gasteiger partial charge on any atom is 0.174 e. The predicted octanol–water partition coefficient (Wildman–Crippen LogP) is 2.89. The van der Waals surface area contributed by atoms with Crippen molar-refractivity contribution in [1.82, 2.24) is 0 Å². The SMILES string of the molecule is CC(C)(O)CCOc1ccc(Br)cc1OCC#N. The molecular weight excluding hydrogens is 298 g/mol. The number of benzene rings is 1. The lowest BCUT2D eigenvalue weighted by Gasteiger charge is -2.18. The maximum atomic E-state index is 9.59. The Morgan fingerprint density at radius 3 is 2.67 bits per heavy atom. The molecule has 1 aromatic carbocycles. The second-order valence-corrected chi connectivity index (χ2v) is 5.36. The average Bonchev–Trinajstić information content (AvgIpc) is 2.27. The van der Waals surface area contributed by atoms with Crippen molar-refractivity contribution in [2.75, 3.05) is 13.2 Å². The van der Waals surface area contributed by atoms with Gasteiger partial charge in [0.15, 0.2) is 18.1 Å². The zero-order chi connectivity index (χ0) is 13.6. The van der Waals surface area contributed by atoms with Crippen molar-refractivity contribution in [2.45, 2.75) is 25.9 Å². The molecule has 4 nitrogen and oxygen atoms in total. The van der Waals surface area contributed by atoms with E-state index < -0.39 is 5.60 Å². The van der Waals surface area contributed by atoms with Gasteiger partial charge in [0, 0.05) is 10.9 Å². The highest BCUT2D eigenvalue weighted by atomic mass is 79.9. The van der Waals surface area contributed by atoms with Gasteiger partial charge in [-0.15, -0.1) is 0 Å². The molecule has 0 spiro atoms. The van der Waals surface area contributed by atoms with Crippen molar-refractivity contribution in [2.24, 2.45) is 0 Å². The fourth-order valence-electron chi connectivity index (χ4n) is 1.23. The van der Waals surface area contributed by atoms with Gasteiger partial charge in [0.1, 0.15) is 6.07 Å². The molecule has 0 saturated heterocycles. The molecule has 0 heterocycles. The van der Waals surface area contributed by atoms with E-state index in [2.05, 4.69) is 15.9 Å². The van der Waals surface area contributed by atoms with Crippen LogP contribution in [0, 0.1) is 11.3 Å². The zero-order valence-electron chi connectivity index (χ0n) is 10.4. The van der Waals surface area contributed by atoms with Gasteiger partial charge < -0.3 is 14.6 Å². The Hall–Kier alpha value is -1.25. The quantitative estimate of drug-likeness (QED) is 0.877. The van der Waals surface area contributed by atoms with Gasteiger partial charge in [0.05, 0.1) is 12.2 Å². The van der Waals surface area contributed by atoms with Crippen LogP contribution in [0.15, 0.2) is 22.7 Å². The highest BCUT2D eigenvalue weighted by molar-refractivity contribution is 9.10. The summed E-state index contributed by atoms with van der Waals surface area (Å²) in [6.45, 7) is 3.81. The minimum atomic E-state index is -0.761. The average molecular weight is 314 g/mol. The van der Waals surface area contributed by atoms with E-state index in [4.69, 9.17) is 14.7 Å². The van der Waals surface area contributed by atoms with Gasteiger partial charge in [-0.1, -0.05) is 15.9 Å². The summed E-state index contributed by atoms with van der Waals surface area (Å²) in [6, 6.07) is 7.25. The smallest absolute Gasteiger partial charge is 0.174 e. The maximum absolute atomic E-state index is 9.59. The Kier molecular flexibility index (Phi) is 5.45. The molecule has 18 heavy (non-hydrogen) atoms. The van der Waals surface area contributed by atoms with Crippen molar-refractivity contribution >= 4 is 15.9 Å². The Morgan fingerprint density at radius 1 is 1.33 bits per heavy atom. The van der Waals surface area contributed by atoms with Crippen molar-refractivity contribution in [3.63, 3.8) is 0 Å². The van der Waals surface area contributed by atoms with Crippen molar-refractivity contribution in [1.29, 1.82) is 5.26 Å². The number of nitriles is 1. The van der Waals surface area contributed by atoms with E-state index in [0.29, 0.717) is 24.5 Å². The van der Waals surface area contributed by atoms with Crippen LogP contribution in [0.1, 0.15) is 20.3 Å². The summed E-state index contributed by atoms with van der Waals surface area (Å²) < 4.78 is 11.7. The number of rotatable bonds is 6. The third kappa shape index (κ3) is 5.39. The predicted molar refractivity (Wildman–Crippen MR) is 71.7 cm³/mol. The second-order valence-electron chi connectivity index (χ2n) is 4.45. The summed E-state index contributed by atoms with van der Waals surface area (Å²) in [7, 11) is 0. The fourth-order valence-corrected chi connectivity index (χ4v) is 1.57. The van der Waals surface area contributed by atoms with Gasteiger partial charge >= 0.3 is 0 Å². The molecule has 0 saturated carbocycles. The largest absolute Gasteiger partial charge is 0.490 e. The minimum absolute atomic E-state index is 0.0295. The third-order valence-corrected chi connectivity index (χ3v) is 2.66. The standard InChI is InChI=1S/C13H16BrNO3/c1-13(2,16)5-7-17-11-4-3-10(14)9-12(11)18-8-6-15/h3-4,9,16H,5,7-8H2,1-2H3. The van der Waals surface area contributed by atoms with Gasteiger partial charge in [-0.05, 0) is 32.0 Å². The van der Waals surface area contributed by atoms with Gasteiger partial charge in [0.2, 0.25) is 0 Å². The molecule has 1 rings (SSSR count). The highest BCUT2D eigenvalue weighted by Gasteiger charge is 2.13. The first kappa shape index (κ1) is 14.8. The first-order chi connectivity index (χ1) is 8.42. The molecule has 1 aromatic rings. The monoisotopic (exact) mass is 313 g/mol. The van der Waals surface area contributed by atoms with Gasteiger partial charge in [-0.25, -0.2) is 0 Å². The molecule has 1 N–H and O–H groups in total. The Morgan fingerprint density at radius 2 is 2.06 bits per heavy atom. The summed E-state index contributed by atoms with van der Waals surface area (Å²) >= 11 is 3.33. The molecule has 0 aromatic heterocycles. The van der Waals surface area contributed by atoms with E-state index >= 15 is 0 Å². The van der Waals surface area contributed by atoms with Crippen molar-refractivity contribution < 1.29 is 14.6 Å². The summed E-state index contributed by atoms with van der Waals surface area (Å²) in [5, 5.41) is 18.1. The third-order valence-electron chi connectivity index (χ3n) is 2.17. The van der Waals surface area contributed by atoms with Crippen molar-refractivity contribution in [3.05, 3.63) is 22.7 Å². The van der Waals surface area contributed by atoms with Crippen LogP contribution in [0.3, 0.4) is 0 Å². The fraction of sp³-hybridized carbons (Fsp3) is 0.462. The van der Waals surface area contributed by atoms with E-state index in [1.54, 1.807) is 26.0 Å². The zero-order valence-corrected chi connectivity index (χ0v) is 12.0. The van der Waals surface area contributed by atoms with Crippen LogP contribution in [0.5, 0.6) is 11.5 Å². The normalized spacial score (nSPS) is 10.8. The topological polar surface area (TPSA) is 62.5 Å². The summed E-state index contributed by atoms with van der Waals surface area (Å²) in [4.78, 5) is 0. The number of halogens is 1. The van der Waals surface area contributed by atoms with Crippen LogP contribution in [0.4, 0.5) is 0 Å². The second kappa shape index (κ2) is 6.62. The number of hydrogen-bond donors (Lipinski definition) is 1. The molecule has 0 bridgehead atoms. The molecule has 0 aliphatic rings. The van der Waals surface area contributed by atoms with Crippen molar-refractivity contribution in [3.8, 4) is 17.6 Å². The van der Waals surface area contributed by atoms with E-state index in [1.807, 2.05) is 12.1 Å². The molecule has 0 aliphatic carbocycles. The summed E-state index contributed by atoms with van der Waals surface area (Å²) in [5.74, 6) is 1.08. The van der Waals surface area contributed by atoms with Crippen LogP contribution in [-0.4, -0.2) is 23.9 Å². The van der Waals surface area contributed by atoms with Gasteiger partial charge in [0.25, 0.3) is 0 Å². The van der Waals surface area contributed by atoms with Crippen LogP contribution < -0.4 is 9.47 Å². The Labute approximate surface area is 115 Å². The molecule has 0 aliphatic heterocycles. The number of ether oxygens (including phenoxy) is 2. The number of hydrogen-bond acceptors (Lipinski definition) is 4. The van der Waals surface area contributed by atoms with Crippen LogP contribution in [0.2, 0.25) is 0 Å². The minimum Gasteiger partial charge on any atom is -0.490 e. The molecule has 0 radical (unpaired) electrons. The Balaban J connectivity index is 2.66. The highest BCUT2D eigenvalue weighted by Crippen LogP contribution is 2.30. The number of nitrogens with zero attached hydrogens (tertiary/aromatic N) is 1. The van der Waals surface area contributed by atoms with Crippen LogP contribution in [0.25, 0.3) is 0 Å². The molecule has 98 valence electrons.